The van der Waals surface area contributed by atoms with E-state index in [1.165, 1.54) is 0 Å². The van der Waals surface area contributed by atoms with E-state index in [1.54, 1.807) is 7.11 Å². The monoisotopic (exact) mass is 291 g/mol. The van der Waals surface area contributed by atoms with Crippen LogP contribution in [0.5, 0.6) is 0 Å². The van der Waals surface area contributed by atoms with Gasteiger partial charge >= 0.3 is 6.03 Å². The third kappa shape index (κ3) is 3.95. The van der Waals surface area contributed by atoms with E-state index in [0.29, 0.717) is 12.5 Å². The lowest BCUT2D eigenvalue weighted by Crippen LogP contribution is -2.48. The summed E-state index contributed by atoms with van der Waals surface area (Å²) in [5.41, 5.74) is 7.66. The number of benzene rings is 1. The number of nitrogens with two attached hydrogens (primary N) is 1. The van der Waals surface area contributed by atoms with Gasteiger partial charge in [0.05, 0.1) is 6.10 Å². The fourth-order valence-electron chi connectivity index (χ4n) is 2.60. The van der Waals surface area contributed by atoms with E-state index in [4.69, 9.17) is 10.5 Å². The highest BCUT2D eigenvalue weighted by molar-refractivity contribution is 5.89. The number of nitrogens with one attached hydrogen (secondary N) is 1. The standard InChI is InChI=1S/C16H25N3O2/c1-11-8-9-19(10-15(11)21-3)16(20)18-14-6-4-13(5-7-14)12(2)17/h4-7,11-12,15H,8-10,17H2,1-3H3,(H,18,20). The van der Waals surface area contributed by atoms with Gasteiger partial charge in [-0.25, -0.2) is 4.79 Å². The molecule has 0 aliphatic carbocycles. The normalized spacial score (nSPS) is 23.7. The second-order valence-corrected chi connectivity index (χ2v) is 5.83. The Bertz CT molecular complexity index is 473. The van der Waals surface area contributed by atoms with Crippen LogP contribution in [0, 0.1) is 5.92 Å². The third-order valence-electron chi connectivity index (χ3n) is 4.17. The molecule has 0 bridgehead atoms. The van der Waals surface area contributed by atoms with E-state index < -0.39 is 0 Å². The third-order valence-corrected chi connectivity index (χ3v) is 4.17. The smallest absolute Gasteiger partial charge is 0.321 e. The fourth-order valence-corrected chi connectivity index (χ4v) is 2.60. The van der Waals surface area contributed by atoms with Crippen LogP contribution in [-0.4, -0.2) is 37.2 Å². The maximum absolute atomic E-state index is 12.3. The number of piperidine rings is 1. The zero-order valence-electron chi connectivity index (χ0n) is 13.0. The van der Waals surface area contributed by atoms with E-state index in [0.717, 1.165) is 24.2 Å². The Morgan fingerprint density at radius 3 is 2.67 bits per heavy atom. The number of hydrogen-bond acceptors (Lipinski definition) is 3. The lowest BCUT2D eigenvalue weighted by Gasteiger charge is -2.36. The van der Waals surface area contributed by atoms with Crippen molar-refractivity contribution in [3.8, 4) is 0 Å². The first kappa shape index (κ1) is 15.8. The van der Waals surface area contributed by atoms with Crippen LogP contribution < -0.4 is 11.1 Å². The van der Waals surface area contributed by atoms with Crippen molar-refractivity contribution in [3.63, 3.8) is 0 Å². The highest BCUT2D eigenvalue weighted by atomic mass is 16.5. The predicted octanol–water partition coefficient (Wildman–Crippen LogP) is 2.60. The zero-order valence-corrected chi connectivity index (χ0v) is 13.0. The Hall–Kier alpha value is -1.59. The SMILES string of the molecule is COC1CN(C(=O)Nc2ccc(C(C)N)cc2)CCC1C. The molecule has 1 aliphatic heterocycles. The van der Waals surface area contributed by atoms with E-state index in [9.17, 15) is 4.79 Å². The van der Waals surface area contributed by atoms with E-state index >= 15 is 0 Å². The minimum Gasteiger partial charge on any atom is -0.379 e. The maximum Gasteiger partial charge on any atom is 0.321 e. The van der Waals surface area contributed by atoms with Gasteiger partial charge in [0.15, 0.2) is 0 Å². The van der Waals surface area contributed by atoms with Crippen LogP contribution in [-0.2, 0) is 4.74 Å². The van der Waals surface area contributed by atoms with Crippen LogP contribution in [0.3, 0.4) is 0 Å². The minimum atomic E-state index is -0.0718. The second-order valence-electron chi connectivity index (χ2n) is 5.83. The molecule has 3 atom stereocenters. The van der Waals surface area contributed by atoms with E-state index in [1.807, 2.05) is 36.1 Å². The van der Waals surface area contributed by atoms with E-state index in [2.05, 4.69) is 12.2 Å². The van der Waals surface area contributed by atoms with Gasteiger partial charge in [0.1, 0.15) is 0 Å². The summed E-state index contributed by atoms with van der Waals surface area (Å²) in [4.78, 5) is 14.1. The van der Waals surface area contributed by atoms with Crippen molar-refractivity contribution < 1.29 is 9.53 Å². The van der Waals surface area contributed by atoms with E-state index in [-0.39, 0.29) is 18.2 Å². The summed E-state index contributed by atoms with van der Waals surface area (Å²) in [6, 6.07) is 7.58. The molecule has 5 heteroatoms. The Morgan fingerprint density at radius 1 is 1.43 bits per heavy atom. The van der Waals surface area contributed by atoms with Crippen molar-refractivity contribution in [2.45, 2.75) is 32.4 Å². The summed E-state index contributed by atoms with van der Waals surface area (Å²) in [5, 5.41) is 2.93. The molecule has 1 saturated heterocycles. The number of amides is 2. The molecule has 116 valence electrons. The summed E-state index contributed by atoms with van der Waals surface area (Å²) >= 11 is 0. The topological polar surface area (TPSA) is 67.6 Å². The summed E-state index contributed by atoms with van der Waals surface area (Å²) in [6.45, 7) is 5.51. The number of anilines is 1. The Labute approximate surface area is 126 Å². The molecule has 1 aromatic rings. The lowest BCUT2D eigenvalue weighted by atomic mass is 9.96. The molecule has 1 aromatic carbocycles. The molecule has 0 aromatic heterocycles. The van der Waals surface area contributed by atoms with Gasteiger partial charge in [-0.1, -0.05) is 19.1 Å². The molecule has 0 saturated carbocycles. The molecular formula is C16H25N3O2. The van der Waals surface area contributed by atoms with Crippen LogP contribution >= 0.6 is 0 Å². The lowest BCUT2D eigenvalue weighted by molar-refractivity contribution is 0.00896. The van der Waals surface area contributed by atoms with Gasteiger partial charge in [0.25, 0.3) is 0 Å². The van der Waals surface area contributed by atoms with Crippen LogP contribution in [0.1, 0.15) is 31.9 Å². The highest BCUT2D eigenvalue weighted by Gasteiger charge is 2.28. The molecule has 1 aliphatic rings. The predicted molar refractivity (Wildman–Crippen MR) is 84.2 cm³/mol. The number of likely N-dealkylation sites (tertiary alicyclic amines) is 1. The number of urea groups is 1. The van der Waals surface area contributed by atoms with Crippen LogP contribution in [0.15, 0.2) is 24.3 Å². The molecule has 3 N–H and O–H groups in total. The van der Waals surface area contributed by atoms with Gasteiger partial charge < -0.3 is 20.7 Å². The maximum atomic E-state index is 12.3. The van der Waals surface area contributed by atoms with Crippen molar-refractivity contribution in [3.05, 3.63) is 29.8 Å². The molecule has 0 spiro atoms. The second kappa shape index (κ2) is 6.91. The Kier molecular flexibility index (Phi) is 5.20. The van der Waals surface area contributed by atoms with Crippen molar-refractivity contribution in [1.29, 1.82) is 0 Å². The number of rotatable bonds is 3. The molecule has 21 heavy (non-hydrogen) atoms. The molecular weight excluding hydrogens is 266 g/mol. The van der Waals surface area contributed by atoms with Crippen LogP contribution in [0.4, 0.5) is 10.5 Å². The average Bonchev–Trinajstić information content (AvgIpc) is 2.48. The molecule has 2 amide bonds. The number of carbonyl (C=O) groups excluding carboxylic acids is 1. The number of methoxy groups -OCH3 is 1. The molecule has 1 fully saturated rings. The van der Waals surface area contributed by atoms with Crippen molar-refractivity contribution in [1.82, 2.24) is 4.90 Å². The molecule has 2 rings (SSSR count). The summed E-state index contributed by atoms with van der Waals surface area (Å²) < 4.78 is 5.44. The van der Waals surface area contributed by atoms with Gasteiger partial charge in [0, 0.05) is 31.9 Å². The Morgan fingerprint density at radius 2 is 2.10 bits per heavy atom. The minimum absolute atomic E-state index is 0.000736. The van der Waals surface area contributed by atoms with Gasteiger partial charge in [-0.2, -0.15) is 0 Å². The first-order valence-electron chi connectivity index (χ1n) is 7.45. The first-order chi connectivity index (χ1) is 10.0. The molecule has 5 nitrogen and oxygen atoms in total. The van der Waals surface area contributed by atoms with Crippen molar-refractivity contribution in [2.75, 3.05) is 25.5 Å². The Balaban J connectivity index is 1.95. The van der Waals surface area contributed by atoms with Crippen molar-refractivity contribution in [2.24, 2.45) is 11.7 Å². The average molecular weight is 291 g/mol. The quantitative estimate of drug-likeness (QED) is 0.899. The number of carbonyl (C=O) groups is 1. The number of ether oxygens (including phenoxy) is 1. The fraction of sp³-hybridized carbons (Fsp3) is 0.562. The largest absolute Gasteiger partial charge is 0.379 e. The highest BCUT2D eigenvalue weighted by Crippen LogP contribution is 2.20. The summed E-state index contributed by atoms with van der Waals surface area (Å²) in [7, 11) is 1.70. The van der Waals surface area contributed by atoms with Crippen LogP contribution in [0.2, 0.25) is 0 Å². The van der Waals surface area contributed by atoms with Crippen LogP contribution in [0.25, 0.3) is 0 Å². The molecule has 3 unspecified atom stereocenters. The van der Waals surface area contributed by atoms with Gasteiger partial charge in [-0.3, -0.25) is 0 Å². The number of nitrogens with zero attached hydrogens (tertiary/aromatic N) is 1. The van der Waals surface area contributed by atoms with Gasteiger partial charge in [0.2, 0.25) is 0 Å². The van der Waals surface area contributed by atoms with Gasteiger partial charge in [-0.05, 0) is 37.0 Å². The summed E-state index contributed by atoms with van der Waals surface area (Å²) in [5.74, 6) is 0.490. The number of hydrogen-bond donors (Lipinski definition) is 2. The molecule has 1 heterocycles. The van der Waals surface area contributed by atoms with Gasteiger partial charge in [-0.15, -0.1) is 0 Å². The van der Waals surface area contributed by atoms with Crippen molar-refractivity contribution >= 4 is 11.7 Å². The first-order valence-corrected chi connectivity index (χ1v) is 7.45. The zero-order chi connectivity index (χ0) is 15.4. The molecule has 0 radical (unpaired) electrons. The summed E-state index contributed by atoms with van der Waals surface area (Å²) in [6.07, 6.45) is 1.08.